The molecule has 2 aromatic heterocycles. The van der Waals surface area contributed by atoms with E-state index < -0.39 is 12.1 Å². The largest absolute Gasteiger partial charge is 0.448 e. The van der Waals surface area contributed by atoms with Gasteiger partial charge in [0.2, 0.25) is 5.89 Å². The predicted molar refractivity (Wildman–Crippen MR) is 82.9 cm³/mol. The number of nitrogens with zero attached hydrogens (tertiary/aromatic N) is 2. The summed E-state index contributed by atoms with van der Waals surface area (Å²) in [5.74, 6) is 0.163. The predicted octanol–water partition coefficient (Wildman–Crippen LogP) is 4.37. The van der Waals surface area contributed by atoms with E-state index >= 15 is 0 Å². The van der Waals surface area contributed by atoms with E-state index in [1.165, 1.54) is 0 Å². The Kier molecular flexibility index (Phi) is 4.22. The van der Waals surface area contributed by atoms with Gasteiger partial charge >= 0.3 is 5.97 Å². The van der Waals surface area contributed by atoms with Gasteiger partial charge in [-0.05, 0) is 31.2 Å². The van der Waals surface area contributed by atoms with Crippen molar-refractivity contribution >= 4 is 28.9 Å². The maximum Gasteiger partial charge on any atom is 0.349 e. The van der Waals surface area contributed by atoms with Gasteiger partial charge < -0.3 is 9.15 Å². The molecule has 0 saturated heterocycles. The standard InChI is InChI=1S/C15H11ClN2O3S/c1-9(20-15(19)11-7-8-12(16)22-11)13-17-18-14(21-13)10-5-3-2-4-6-10/h2-9H,1H3/t9-/m1/s1. The molecule has 1 aromatic carbocycles. The molecule has 3 aromatic rings. The Morgan fingerprint density at radius 3 is 2.68 bits per heavy atom. The van der Waals surface area contributed by atoms with Crippen LogP contribution in [0.5, 0.6) is 0 Å². The molecule has 2 heterocycles. The number of ether oxygens (including phenoxy) is 1. The molecule has 5 nitrogen and oxygen atoms in total. The van der Waals surface area contributed by atoms with Gasteiger partial charge in [0, 0.05) is 5.56 Å². The van der Waals surface area contributed by atoms with Crippen LogP contribution in [0, 0.1) is 0 Å². The molecule has 7 heteroatoms. The lowest BCUT2D eigenvalue weighted by Crippen LogP contribution is -2.08. The van der Waals surface area contributed by atoms with Crippen molar-refractivity contribution in [1.82, 2.24) is 10.2 Å². The van der Waals surface area contributed by atoms with Gasteiger partial charge in [-0.25, -0.2) is 4.79 Å². The molecule has 0 aliphatic carbocycles. The van der Waals surface area contributed by atoms with Gasteiger partial charge in [0.05, 0.1) is 4.34 Å². The number of aromatic nitrogens is 2. The maximum atomic E-state index is 12.0. The van der Waals surface area contributed by atoms with Crippen molar-refractivity contribution in [3.63, 3.8) is 0 Å². The van der Waals surface area contributed by atoms with E-state index in [2.05, 4.69) is 10.2 Å². The molecule has 0 spiro atoms. The van der Waals surface area contributed by atoms with Crippen molar-refractivity contribution in [3.05, 3.63) is 57.6 Å². The highest BCUT2D eigenvalue weighted by atomic mass is 35.5. The lowest BCUT2D eigenvalue weighted by molar-refractivity contribution is 0.0285. The monoisotopic (exact) mass is 334 g/mol. The Morgan fingerprint density at radius 2 is 2.00 bits per heavy atom. The van der Waals surface area contributed by atoms with E-state index in [9.17, 15) is 4.79 Å². The summed E-state index contributed by atoms with van der Waals surface area (Å²) >= 11 is 6.96. The lowest BCUT2D eigenvalue weighted by atomic mass is 10.2. The van der Waals surface area contributed by atoms with Gasteiger partial charge in [-0.1, -0.05) is 29.8 Å². The number of halogens is 1. The first-order valence-corrected chi connectivity index (χ1v) is 7.68. The minimum absolute atomic E-state index is 0.245. The van der Waals surface area contributed by atoms with Crippen LogP contribution in [-0.4, -0.2) is 16.2 Å². The first-order valence-electron chi connectivity index (χ1n) is 6.48. The molecule has 22 heavy (non-hydrogen) atoms. The molecule has 0 unspecified atom stereocenters. The van der Waals surface area contributed by atoms with Crippen LogP contribution in [0.15, 0.2) is 46.9 Å². The van der Waals surface area contributed by atoms with Crippen molar-refractivity contribution in [2.75, 3.05) is 0 Å². The Bertz CT molecular complexity index is 785. The van der Waals surface area contributed by atoms with Gasteiger partial charge in [0.1, 0.15) is 4.88 Å². The Labute approximate surface area is 135 Å². The summed E-state index contributed by atoms with van der Waals surface area (Å²) in [6.07, 6.45) is -0.640. The number of esters is 1. The number of hydrogen-bond acceptors (Lipinski definition) is 6. The topological polar surface area (TPSA) is 65.2 Å². The van der Waals surface area contributed by atoms with E-state index in [0.717, 1.165) is 16.9 Å². The number of carbonyl (C=O) groups is 1. The summed E-state index contributed by atoms with van der Waals surface area (Å²) in [6.45, 7) is 1.68. The molecule has 3 rings (SSSR count). The average molecular weight is 335 g/mol. The summed E-state index contributed by atoms with van der Waals surface area (Å²) in [4.78, 5) is 12.4. The van der Waals surface area contributed by atoms with Crippen molar-refractivity contribution in [2.24, 2.45) is 0 Å². The third-order valence-electron chi connectivity index (χ3n) is 2.87. The number of thiophene rings is 1. The smallest absolute Gasteiger partial charge is 0.349 e. The van der Waals surface area contributed by atoms with Gasteiger partial charge in [-0.3, -0.25) is 0 Å². The number of rotatable bonds is 4. The van der Waals surface area contributed by atoms with Crippen LogP contribution in [0.25, 0.3) is 11.5 Å². The number of benzene rings is 1. The fraction of sp³-hybridized carbons (Fsp3) is 0.133. The molecule has 0 radical (unpaired) electrons. The van der Waals surface area contributed by atoms with E-state index in [-0.39, 0.29) is 5.89 Å². The summed E-state index contributed by atoms with van der Waals surface area (Å²) < 4.78 is 11.4. The van der Waals surface area contributed by atoms with E-state index in [0.29, 0.717) is 15.1 Å². The van der Waals surface area contributed by atoms with Crippen LogP contribution in [-0.2, 0) is 4.74 Å². The minimum atomic E-state index is -0.640. The molecule has 0 fully saturated rings. The second-order valence-electron chi connectivity index (χ2n) is 4.46. The minimum Gasteiger partial charge on any atom is -0.448 e. The van der Waals surface area contributed by atoms with Gasteiger partial charge in [0.15, 0.2) is 6.10 Å². The van der Waals surface area contributed by atoms with Crippen LogP contribution in [0.1, 0.15) is 28.6 Å². The van der Waals surface area contributed by atoms with Crippen LogP contribution in [0.2, 0.25) is 4.34 Å². The quantitative estimate of drug-likeness (QED) is 0.663. The average Bonchev–Trinajstić information content (AvgIpc) is 3.17. The highest BCUT2D eigenvalue weighted by molar-refractivity contribution is 7.17. The number of carbonyl (C=O) groups excluding carboxylic acids is 1. The first kappa shape index (κ1) is 14.7. The van der Waals surface area contributed by atoms with E-state index in [4.69, 9.17) is 20.8 Å². The molecule has 0 saturated carbocycles. The lowest BCUT2D eigenvalue weighted by Gasteiger charge is -2.07. The summed E-state index contributed by atoms with van der Waals surface area (Å²) in [5.41, 5.74) is 0.810. The molecular formula is C15H11ClN2O3S. The second-order valence-corrected chi connectivity index (χ2v) is 6.18. The highest BCUT2D eigenvalue weighted by Gasteiger charge is 2.20. The zero-order chi connectivity index (χ0) is 15.5. The van der Waals surface area contributed by atoms with E-state index in [1.807, 2.05) is 30.3 Å². The third kappa shape index (κ3) is 3.18. The van der Waals surface area contributed by atoms with Gasteiger partial charge in [0.25, 0.3) is 5.89 Å². The molecule has 0 aliphatic rings. The van der Waals surface area contributed by atoms with Crippen molar-refractivity contribution in [1.29, 1.82) is 0 Å². The van der Waals surface area contributed by atoms with E-state index in [1.54, 1.807) is 19.1 Å². The zero-order valence-corrected chi connectivity index (χ0v) is 13.1. The third-order valence-corrected chi connectivity index (χ3v) is 4.08. The second kappa shape index (κ2) is 6.29. The Morgan fingerprint density at radius 1 is 1.23 bits per heavy atom. The van der Waals surface area contributed by atoms with Crippen molar-refractivity contribution < 1.29 is 13.9 Å². The summed E-state index contributed by atoms with van der Waals surface area (Å²) in [5, 5.41) is 7.89. The van der Waals surface area contributed by atoms with Gasteiger partial charge in [-0.2, -0.15) is 0 Å². The maximum absolute atomic E-state index is 12.0. The number of hydrogen-bond donors (Lipinski definition) is 0. The first-order chi connectivity index (χ1) is 10.6. The fourth-order valence-electron chi connectivity index (χ4n) is 1.79. The van der Waals surface area contributed by atoms with Crippen molar-refractivity contribution in [2.45, 2.75) is 13.0 Å². The highest BCUT2D eigenvalue weighted by Crippen LogP contribution is 2.26. The molecular weight excluding hydrogens is 324 g/mol. The summed E-state index contributed by atoms with van der Waals surface area (Å²) in [7, 11) is 0. The normalized spacial score (nSPS) is 12.1. The van der Waals surface area contributed by atoms with Crippen molar-refractivity contribution in [3.8, 4) is 11.5 Å². The molecule has 1 atom stereocenters. The Hall–Kier alpha value is -2.18. The molecule has 112 valence electrons. The molecule has 0 amide bonds. The summed E-state index contributed by atoms with van der Waals surface area (Å²) in [6, 6.07) is 12.6. The van der Waals surface area contributed by atoms with Crippen LogP contribution in [0.4, 0.5) is 0 Å². The SMILES string of the molecule is C[C@@H](OC(=O)c1ccc(Cl)s1)c1nnc(-c2ccccc2)o1. The van der Waals surface area contributed by atoms with Crippen LogP contribution < -0.4 is 0 Å². The molecule has 0 bridgehead atoms. The zero-order valence-electron chi connectivity index (χ0n) is 11.5. The molecule has 0 N–H and O–H groups in total. The molecule has 0 aliphatic heterocycles. The fourth-order valence-corrected chi connectivity index (χ4v) is 2.72. The van der Waals surface area contributed by atoms with Crippen LogP contribution in [0.3, 0.4) is 0 Å². The van der Waals surface area contributed by atoms with Gasteiger partial charge in [-0.15, -0.1) is 21.5 Å². The Balaban J connectivity index is 1.72. The van der Waals surface area contributed by atoms with Crippen LogP contribution >= 0.6 is 22.9 Å².